The molecule has 0 aromatic heterocycles. The molecular weight excluding hydrogens is 482 g/mol. The summed E-state index contributed by atoms with van der Waals surface area (Å²) in [4.78, 5) is 28.1. The first-order valence-corrected chi connectivity index (χ1v) is 12.6. The molecule has 198 valence electrons. The zero-order chi connectivity index (χ0) is 27.2. The van der Waals surface area contributed by atoms with Crippen LogP contribution in [0.2, 0.25) is 0 Å². The van der Waals surface area contributed by atoms with E-state index in [0.29, 0.717) is 41.8 Å². The van der Waals surface area contributed by atoms with Crippen LogP contribution < -0.4 is 14.2 Å². The lowest BCUT2D eigenvalue weighted by atomic mass is 9.95. The monoisotopic (exact) mass is 515 g/mol. The summed E-state index contributed by atoms with van der Waals surface area (Å²) in [5.74, 6) is 0.700. The van der Waals surface area contributed by atoms with Gasteiger partial charge in [-0.15, -0.1) is 0 Å². The number of rotatable bonds is 10. The third kappa shape index (κ3) is 5.67. The number of aliphatic hydroxyl groups excluding tert-OH is 1. The first kappa shape index (κ1) is 26.8. The molecule has 0 radical (unpaired) electrons. The average molecular weight is 516 g/mol. The van der Waals surface area contributed by atoms with Crippen LogP contribution >= 0.6 is 0 Å². The molecule has 1 unspecified atom stereocenters. The largest absolute Gasteiger partial charge is 0.507 e. The fourth-order valence-corrected chi connectivity index (χ4v) is 4.51. The number of methoxy groups -OCH3 is 2. The average Bonchev–Trinajstić information content (AvgIpc) is 3.20. The lowest BCUT2D eigenvalue weighted by Crippen LogP contribution is -2.31. The van der Waals surface area contributed by atoms with Gasteiger partial charge < -0.3 is 24.2 Å². The lowest BCUT2D eigenvalue weighted by Gasteiger charge is -2.25. The van der Waals surface area contributed by atoms with Crippen LogP contribution in [-0.2, 0) is 16.0 Å². The molecule has 38 heavy (non-hydrogen) atoms. The SMILES string of the molecule is COc1ccc(CCN2C(=O)C(=O)/C(=C(/O)c3ccc(OCC(C)C)cc3)C2c2ccccc2)cc1OC. The van der Waals surface area contributed by atoms with E-state index in [-0.39, 0.29) is 17.9 Å². The molecule has 1 aliphatic heterocycles. The smallest absolute Gasteiger partial charge is 0.295 e. The van der Waals surface area contributed by atoms with E-state index in [4.69, 9.17) is 14.2 Å². The Hall–Kier alpha value is -4.26. The quantitative estimate of drug-likeness (QED) is 0.221. The predicted molar refractivity (Wildman–Crippen MR) is 145 cm³/mol. The van der Waals surface area contributed by atoms with Gasteiger partial charge in [-0.2, -0.15) is 0 Å². The summed E-state index contributed by atoms with van der Waals surface area (Å²) in [5.41, 5.74) is 2.19. The minimum Gasteiger partial charge on any atom is -0.507 e. The number of amides is 1. The molecule has 4 rings (SSSR count). The second kappa shape index (κ2) is 11.9. The van der Waals surface area contributed by atoms with Crippen LogP contribution in [0.3, 0.4) is 0 Å². The number of ketones is 1. The van der Waals surface area contributed by atoms with Gasteiger partial charge in [-0.25, -0.2) is 0 Å². The molecule has 0 bridgehead atoms. The van der Waals surface area contributed by atoms with Crippen molar-refractivity contribution in [3.63, 3.8) is 0 Å². The standard InChI is InChI=1S/C31H33NO6/c1-20(2)19-38-24-13-11-23(12-14-24)29(33)27-28(22-8-6-5-7-9-22)32(31(35)30(27)34)17-16-21-10-15-25(36-3)26(18-21)37-4/h5-15,18,20,28,33H,16-17,19H2,1-4H3/b29-27+. The Bertz CT molecular complexity index is 1310. The summed E-state index contributed by atoms with van der Waals surface area (Å²) in [6.07, 6.45) is 0.485. The fraction of sp³-hybridized carbons (Fsp3) is 0.290. The van der Waals surface area contributed by atoms with E-state index in [1.54, 1.807) is 38.5 Å². The number of carbonyl (C=O) groups excluding carboxylic acids is 2. The van der Waals surface area contributed by atoms with Crippen LogP contribution in [0.4, 0.5) is 0 Å². The maximum absolute atomic E-state index is 13.3. The fourth-order valence-electron chi connectivity index (χ4n) is 4.51. The van der Waals surface area contributed by atoms with E-state index >= 15 is 0 Å². The molecule has 3 aromatic rings. The normalized spacial score (nSPS) is 16.7. The lowest BCUT2D eigenvalue weighted by molar-refractivity contribution is -0.139. The molecular formula is C31H33NO6. The highest BCUT2D eigenvalue weighted by atomic mass is 16.5. The van der Waals surface area contributed by atoms with Crippen molar-refractivity contribution >= 4 is 17.4 Å². The van der Waals surface area contributed by atoms with Crippen LogP contribution in [0.1, 0.15) is 36.6 Å². The van der Waals surface area contributed by atoms with Gasteiger partial charge in [0.25, 0.3) is 11.7 Å². The van der Waals surface area contributed by atoms with Gasteiger partial charge >= 0.3 is 0 Å². The van der Waals surface area contributed by atoms with Crippen LogP contribution in [-0.4, -0.2) is 49.1 Å². The van der Waals surface area contributed by atoms with Gasteiger partial charge in [0.15, 0.2) is 11.5 Å². The zero-order valence-electron chi connectivity index (χ0n) is 22.1. The zero-order valence-corrected chi connectivity index (χ0v) is 22.1. The first-order chi connectivity index (χ1) is 18.3. The van der Waals surface area contributed by atoms with Crippen molar-refractivity contribution in [3.05, 3.63) is 95.1 Å². The van der Waals surface area contributed by atoms with Gasteiger partial charge in [0.05, 0.1) is 32.4 Å². The van der Waals surface area contributed by atoms with Crippen LogP contribution in [0.5, 0.6) is 17.2 Å². The molecule has 3 aromatic carbocycles. The molecule has 1 amide bonds. The number of carbonyl (C=O) groups is 2. The highest BCUT2D eigenvalue weighted by Gasteiger charge is 2.45. The minimum atomic E-state index is -0.715. The summed E-state index contributed by atoms with van der Waals surface area (Å²) >= 11 is 0. The molecule has 1 fully saturated rings. The second-order valence-electron chi connectivity index (χ2n) is 9.57. The number of benzene rings is 3. The second-order valence-corrected chi connectivity index (χ2v) is 9.57. The molecule has 1 N–H and O–H groups in total. The van der Waals surface area contributed by atoms with Gasteiger partial charge in [-0.3, -0.25) is 9.59 Å². The Morgan fingerprint density at radius 2 is 1.61 bits per heavy atom. The van der Waals surface area contributed by atoms with Crippen LogP contribution in [0.25, 0.3) is 5.76 Å². The number of hydrogen-bond acceptors (Lipinski definition) is 6. The van der Waals surface area contributed by atoms with Crippen LogP contribution in [0.15, 0.2) is 78.4 Å². The number of hydrogen-bond donors (Lipinski definition) is 1. The molecule has 1 heterocycles. The van der Waals surface area contributed by atoms with E-state index in [2.05, 4.69) is 13.8 Å². The van der Waals surface area contributed by atoms with Gasteiger partial charge in [0, 0.05) is 12.1 Å². The first-order valence-electron chi connectivity index (χ1n) is 12.6. The summed E-state index contributed by atoms with van der Waals surface area (Å²) in [6, 6.07) is 21.0. The predicted octanol–water partition coefficient (Wildman–Crippen LogP) is 5.40. The molecule has 1 aliphatic rings. The number of likely N-dealkylation sites (tertiary alicyclic amines) is 1. The Labute approximate surface area is 223 Å². The summed E-state index contributed by atoms with van der Waals surface area (Å²) in [7, 11) is 3.14. The molecule has 7 heteroatoms. The Morgan fingerprint density at radius 1 is 0.921 bits per heavy atom. The van der Waals surface area contributed by atoms with E-state index in [1.807, 2.05) is 48.5 Å². The van der Waals surface area contributed by atoms with Gasteiger partial charge in [-0.1, -0.05) is 50.2 Å². The van der Waals surface area contributed by atoms with Crippen molar-refractivity contribution in [1.29, 1.82) is 0 Å². The van der Waals surface area contributed by atoms with Gasteiger partial charge in [-0.05, 0) is 59.9 Å². The number of Topliss-reactive ketones (excluding diaryl/α,β-unsaturated/α-hetero) is 1. The van der Waals surface area contributed by atoms with Gasteiger partial charge in [0.2, 0.25) is 0 Å². The maximum atomic E-state index is 13.3. The van der Waals surface area contributed by atoms with E-state index in [9.17, 15) is 14.7 Å². The topological polar surface area (TPSA) is 85.3 Å². The number of nitrogens with zero attached hydrogens (tertiary/aromatic N) is 1. The van der Waals surface area contributed by atoms with Crippen molar-refractivity contribution in [2.24, 2.45) is 5.92 Å². The molecule has 7 nitrogen and oxygen atoms in total. The van der Waals surface area contributed by atoms with Crippen molar-refractivity contribution in [3.8, 4) is 17.2 Å². The maximum Gasteiger partial charge on any atom is 0.295 e. The van der Waals surface area contributed by atoms with Crippen molar-refractivity contribution in [2.75, 3.05) is 27.4 Å². The minimum absolute atomic E-state index is 0.0735. The molecule has 1 atom stereocenters. The number of ether oxygens (including phenoxy) is 3. The summed E-state index contributed by atoms with van der Waals surface area (Å²) in [5, 5.41) is 11.3. The third-order valence-electron chi connectivity index (χ3n) is 6.46. The highest BCUT2D eigenvalue weighted by Crippen LogP contribution is 2.39. The Morgan fingerprint density at radius 3 is 2.24 bits per heavy atom. The van der Waals surface area contributed by atoms with E-state index in [0.717, 1.165) is 11.1 Å². The van der Waals surface area contributed by atoms with Crippen LogP contribution in [0, 0.1) is 5.92 Å². The molecule has 1 saturated heterocycles. The molecule has 0 saturated carbocycles. The van der Waals surface area contributed by atoms with E-state index in [1.165, 1.54) is 4.90 Å². The van der Waals surface area contributed by atoms with Crippen molar-refractivity contribution in [2.45, 2.75) is 26.3 Å². The van der Waals surface area contributed by atoms with Crippen molar-refractivity contribution < 1.29 is 28.9 Å². The Balaban J connectivity index is 1.66. The van der Waals surface area contributed by atoms with Gasteiger partial charge in [0.1, 0.15) is 11.5 Å². The highest BCUT2D eigenvalue weighted by molar-refractivity contribution is 6.46. The van der Waals surface area contributed by atoms with E-state index < -0.39 is 17.7 Å². The van der Waals surface area contributed by atoms with Crippen molar-refractivity contribution in [1.82, 2.24) is 4.90 Å². The summed E-state index contributed by atoms with van der Waals surface area (Å²) in [6.45, 7) is 4.98. The molecule has 0 spiro atoms. The molecule has 0 aliphatic carbocycles. The third-order valence-corrected chi connectivity index (χ3v) is 6.46. The number of aliphatic hydroxyl groups is 1. The Kier molecular flexibility index (Phi) is 8.36. The summed E-state index contributed by atoms with van der Waals surface area (Å²) < 4.78 is 16.4.